The fourth-order valence-electron chi connectivity index (χ4n) is 4.44. The molecule has 1 saturated heterocycles. The van der Waals surface area contributed by atoms with Gasteiger partial charge in [0.1, 0.15) is 5.75 Å². The number of anilines is 1. The minimum Gasteiger partial charge on any atom is -0.494 e. The number of nitrogens with one attached hydrogen (secondary N) is 1. The number of hydrogen-bond donors (Lipinski definition) is 2. The van der Waals surface area contributed by atoms with E-state index in [0.29, 0.717) is 24.1 Å². The zero-order valence-corrected chi connectivity index (χ0v) is 20.7. The van der Waals surface area contributed by atoms with Crippen LogP contribution in [0.3, 0.4) is 0 Å². The number of amides is 1. The zero-order valence-electron chi connectivity index (χ0n) is 19.9. The molecule has 1 aliphatic rings. The first-order valence-corrected chi connectivity index (χ1v) is 12.2. The standard InChI is InChI=1S/C25H36ClN5O2/c1-17-13-22(14-18(2)23(17)24(32)30-19(3)6-9-27)33-12-4-5-20-7-10-31(11-8-20)25-28-15-21(26)16-29-25/h13-16,19-20H,4-12,27H2,1-3H3,(H,30,32)/t19-/m1/s1. The van der Waals surface area contributed by atoms with Crippen LogP contribution >= 0.6 is 11.6 Å². The number of aromatic nitrogens is 2. The van der Waals surface area contributed by atoms with Gasteiger partial charge in [-0.3, -0.25) is 4.79 Å². The second kappa shape index (κ2) is 12.2. The van der Waals surface area contributed by atoms with E-state index in [9.17, 15) is 4.79 Å². The second-order valence-corrected chi connectivity index (χ2v) is 9.44. The molecule has 0 aliphatic carbocycles. The van der Waals surface area contributed by atoms with Crippen molar-refractivity contribution in [1.29, 1.82) is 0 Å². The molecule has 1 aromatic carbocycles. The highest BCUT2D eigenvalue weighted by Gasteiger charge is 2.21. The molecule has 0 radical (unpaired) electrons. The maximum Gasteiger partial charge on any atom is 0.252 e. The van der Waals surface area contributed by atoms with E-state index in [0.717, 1.165) is 73.6 Å². The van der Waals surface area contributed by atoms with Crippen molar-refractivity contribution < 1.29 is 9.53 Å². The van der Waals surface area contributed by atoms with Crippen molar-refractivity contribution in [3.05, 3.63) is 46.2 Å². The molecule has 1 atom stereocenters. The minimum absolute atomic E-state index is 0.0483. The van der Waals surface area contributed by atoms with Gasteiger partial charge in [-0.15, -0.1) is 0 Å². The van der Waals surface area contributed by atoms with Crippen LogP contribution in [0.2, 0.25) is 5.02 Å². The van der Waals surface area contributed by atoms with E-state index in [-0.39, 0.29) is 11.9 Å². The van der Waals surface area contributed by atoms with Gasteiger partial charge in [0.05, 0.1) is 24.0 Å². The molecular weight excluding hydrogens is 438 g/mol. The summed E-state index contributed by atoms with van der Waals surface area (Å²) in [6, 6.07) is 3.98. The third kappa shape index (κ3) is 7.30. The van der Waals surface area contributed by atoms with Gasteiger partial charge in [0.25, 0.3) is 5.91 Å². The summed E-state index contributed by atoms with van der Waals surface area (Å²) in [4.78, 5) is 23.5. The molecule has 3 rings (SSSR count). The van der Waals surface area contributed by atoms with E-state index in [2.05, 4.69) is 20.2 Å². The molecule has 0 bridgehead atoms. The number of aryl methyl sites for hydroxylation is 2. The lowest BCUT2D eigenvalue weighted by molar-refractivity contribution is 0.0937. The number of carbonyl (C=O) groups is 1. The van der Waals surface area contributed by atoms with Gasteiger partial charge in [-0.1, -0.05) is 11.6 Å². The smallest absolute Gasteiger partial charge is 0.252 e. The number of ether oxygens (including phenoxy) is 1. The van der Waals surface area contributed by atoms with Gasteiger partial charge in [0, 0.05) is 24.7 Å². The number of nitrogens with two attached hydrogens (primary N) is 1. The van der Waals surface area contributed by atoms with Gasteiger partial charge in [0.15, 0.2) is 0 Å². The van der Waals surface area contributed by atoms with Gasteiger partial charge in [-0.2, -0.15) is 0 Å². The van der Waals surface area contributed by atoms with Crippen LogP contribution in [-0.2, 0) is 0 Å². The van der Waals surface area contributed by atoms with Crippen molar-refractivity contribution in [3.63, 3.8) is 0 Å². The van der Waals surface area contributed by atoms with Crippen LogP contribution in [0.1, 0.15) is 60.5 Å². The molecule has 3 N–H and O–H groups in total. The Labute approximate surface area is 202 Å². The maximum absolute atomic E-state index is 12.6. The predicted octanol–water partition coefficient (Wildman–Crippen LogP) is 4.29. The zero-order chi connectivity index (χ0) is 23.8. The molecule has 2 heterocycles. The van der Waals surface area contributed by atoms with Crippen LogP contribution in [0.25, 0.3) is 0 Å². The van der Waals surface area contributed by atoms with Gasteiger partial charge >= 0.3 is 0 Å². The maximum atomic E-state index is 12.6. The summed E-state index contributed by atoms with van der Waals surface area (Å²) in [7, 11) is 0. The van der Waals surface area contributed by atoms with Gasteiger partial charge in [0.2, 0.25) is 5.95 Å². The molecule has 1 amide bonds. The monoisotopic (exact) mass is 473 g/mol. The highest BCUT2D eigenvalue weighted by molar-refractivity contribution is 6.30. The number of hydrogen-bond acceptors (Lipinski definition) is 6. The molecule has 0 spiro atoms. The van der Waals surface area contributed by atoms with E-state index < -0.39 is 0 Å². The highest BCUT2D eigenvalue weighted by Crippen LogP contribution is 2.26. The Bertz CT molecular complexity index is 891. The predicted molar refractivity (Wildman–Crippen MR) is 133 cm³/mol. The first-order chi connectivity index (χ1) is 15.9. The van der Waals surface area contributed by atoms with E-state index >= 15 is 0 Å². The quantitative estimate of drug-likeness (QED) is 0.500. The van der Waals surface area contributed by atoms with Crippen molar-refractivity contribution in [2.45, 2.75) is 58.9 Å². The highest BCUT2D eigenvalue weighted by atomic mass is 35.5. The second-order valence-electron chi connectivity index (χ2n) is 9.01. The summed E-state index contributed by atoms with van der Waals surface area (Å²) in [6.45, 7) is 9.07. The Morgan fingerprint density at radius 2 is 1.88 bits per heavy atom. The van der Waals surface area contributed by atoms with Gasteiger partial charge < -0.3 is 20.7 Å². The Morgan fingerprint density at radius 1 is 1.24 bits per heavy atom. The largest absolute Gasteiger partial charge is 0.494 e. The van der Waals surface area contributed by atoms with Gasteiger partial charge in [-0.25, -0.2) is 9.97 Å². The van der Waals surface area contributed by atoms with Crippen molar-refractivity contribution in [2.24, 2.45) is 11.7 Å². The summed E-state index contributed by atoms with van der Waals surface area (Å²) in [5.41, 5.74) is 8.17. The Balaban J connectivity index is 1.42. The Morgan fingerprint density at radius 3 is 2.48 bits per heavy atom. The lowest BCUT2D eigenvalue weighted by Gasteiger charge is -2.32. The van der Waals surface area contributed by atoms with Gasteiger partial charge in [-0.05, 0) is 88.6 Å². The number of piperidine rings is 1. The van der Waals surface area contributed by atoms with Crippen molar-refractivity contribution in [2.75, 3.05) is 31.1 Å². The normalized spacial score (nSPS) is 15.4. The summed E-state index contributed by atoms with van der Waals surface area (Å²) in [6.07, 6.45) is 8.49. The number of nitrogens with zero attached hydrogens (tertiary/aromatic N) is 3. The SMILES string of the molecule is Cc1cc(OCCCC2CCN(c3ncc(Cl)cn3)CC2)cc(C)c1C(=O)N[C@H](C)CCN. The average Bonchev–Trinajstić information content (AvgIpc) is 2.77. The van der Waals surface area contributed by atoms with Crippen LogP contribution in [-0.4, -0.2) is 48.2 Å². The number of benzene rings is 1. The first-order valence-electron chi connectivity index (χ1n) is 11.8. The van der Waals surface area contributed by atoms with Crippen LogP contribution in [0, 0.1) is 19.8 Å². The van der Waals surface area contributed by atoms with Crippen LogP contribution in [0.5, 0.6) is 5.75 Å². The third-order valence-corrected chi connectivity index (χ3v) is 6.44. The lowest BCUT2D eigenvalue weighted by atomic mass is 9.92. The lowest BCUT2D eigenvalue weighted by Crippen LogP contribution is -2.35. The molecule has 0 saturated carbocycles. The summed E-state index contributed by atoms with van der Waals surface area (Å²) >= 11 is 5.88. The molecule has 7 nitrogen and oxygen atoms in total. The molecular formula is C25H36ClN5O2. The average molecular weight is 474 g/mol. The molecule has 2 aromatic rings. The molecule has 33 heavy (non-hydrogen) atoms. The third-order valence-electron chi connectivity index (χ3n) is 6.24. The minimum atomic E-state index is -0.0483. The molecule has 1 fully saturated rings. The Hall–Kier alpha value is -2.38. The fourth-order valence-corrected chi connectivity index (χ4v) is 4.53. The number of rotatable bonds is 10. The summed E-state index contributed by atoms with van der Waals surface area (Å²) in [5.74, 6) is 2.24. The van der Waals surface area contributed by atoms with E-state index in [4.69, 9.17) is 22.1 Å². The van der Waals surface area contributed by atoms with Crippen LogP contribution in [0.15, 0.2) is 24.5 Å². The van der Waals surface area contributed by atoms with Crippen molar-refractivity contribution >= 4 is 23.5 Å². The number of carbonyl (C=O) groups excluding carboxylic acids is 1. The van der Waals surface area contributed by atoms with E-state index in [1.165, 1.54) is 0 Å². The fraction of sp³-hybridized carbons (Fsp3) is 0.560. The summed E-state index contributed by atoms with van der Waals surface area (Å²) in [5, 5.41) is 3.59. The van der Waals surface area contributed by atoms with Crippen LogP contribution in [0.4, 0.5) is 5.95 Å². The number of halogens is 1. The molecule has 0 unspecified atom stereocenters. The van der Waals surface area contributed by atoms with E-state index in [1.54, 1.807) is 12.4 Å². The molecule has 8 heteroatoms. The topological polar surface area (TPSA) is 93.4 Å². The van der Waals surface area contributed by atoms with E-state index in [1.807, 2.05) is 32.9 Å². The first kappa shape index (κ1) is 25.2. The summed E-state index contributed by atoms with van der Waals surface area (Å²) < 4.78 is 6.02. The molecule has 1 aromatic heterocycles. The molecule has 1 aliphatic heterocycles. The molecule has 180 valence electrons. The van der Waals surface area contributed by atoms with Crippen LogP contribution < -0.4 is 20.7 Å². The Kier molecular flexibility index (Phi) is 9.32. The van der Waals surface area contributed by atoms with Crippen molar-refractivity contribution in [1.82, 2.24) is 15.3 Å². The van der Waals surface area contributed by atoms with Crippen molar-refractivity contribution in [3.8, 4) is 5.75 Å².